The average Bonchev–Trinajstić information content (AvgIpc) is 2.55. The van der Waals surface area contributed by atoms with E-state index in [-0.39, 0.29) is 17.9 Å². The molecule has 0 radical (unpaired) electrons. The van der Waals surface area contributed by atoms with Gasteiger partial charge in [0.25, 0.3) is 5.91 Å². The Morgan fingerprint density at radius 2 is 1.83 bits per heavy atom. The Kier molecular flexibility index (Phi) is 6.59. The van der Waals surface area contributed by atoms with Crippen molar-refractivity contribution in [3.63, 3.8) is 0 Å². The van der Waals surface area contributed by atoms with Gasteiger partial charge in [0.2, 0.25) is 5.91 Å². The third-order valence-corrected chi connectivity index (χ3v) is 4.22. The van der Waals surface area contributed by atoms with Crippen molar-refractivity contribution in [2.45, 2.75) is 45.7 Å². The van der Waals surface area contributed by atoms with Crippen molar-refractivity contribution in [3.8, 4) is 0 Å². The van der Waals surface area contributed by atoms with Crippen molar-refractivity contribution >= 4 is 11.8 Å². The highest BCUT2D eigenvalue weighted by Crippen LogP contribution is 2.12. The molecule has 1 saturated heterocycles. The topological polar surface area (TPSA) is 61.4 Å². The largest absolute Gasteiger partial charge is 0.352 e. The van der Waals surface area contributed by atoms with Gasteiger partial charge in [0.1, 0.15) is 0 Å². The number of benzene rings is 1. The zero-order valence-corrected chi connectivity index (χ0v) is 14.1. The van der Waals surface area contributed by atoms with Crippen LogP contribution in [0.2, 0.25) is 0 Å². The molecule has 23 heavy (non-hydrogen) atoms. The summed E-state index contributed by atoms with van der Waals surface area (Å²) in [5.74, 6) is -0.0637. The lowest BCUT2D eigenvalue weighted by Crippen LogP contribution is -2.44. The first kappa shape index (κ1) is 17.5. The minimum Gasteiger partial charge on any atom is -0.352 e. The van der Waals surface area contributed by atoms with Crippen LogP contribution >= 0.6 is 0 Å². The number of piperidine rings is 1. The number of hydrogen-bond acceptors (Lipinski definition) is 3. The minimum absolute atomic E-state index is 0.00924. The Labute approximate surface area is 138 Å². The molecule has 1 aliphatic rings. The van der Waals surface area contributed by atoms with Crippen molar-refractivity contribution in [2.75, 3.05) is 19.6 Å². The number of carbonyl (C=O) groups excluding carboxylic acids is 2. The van der Waals surface area contributed by atoms with Crippen molar-refractivity contribution < 1.29 is 9.59 Å². The van der Waals surface area contributed by atoms with Crippen LogP contribution in [0.4, 0.5) is 0 Å². The highest BCUT2D eigenvalue weighted by molar-refractivity contribution is 5.94. The van der Waals surface area contributed by atoms with Crippen molar-refractivity contribution in [2.24, 2.45) is 0 Å². The summed E-state index contributed by atoms with van der Waals surface area (Å²) in [6, 6.07) is 7.68. The lowest BCUT2D eigenvalue weighted by molar-refractivity contribution is -0.119. The fourth-order valence-corrected chi connectivity index (χ4v) is 2.89. The Balaban J connectivity index is 1.80. The van der Waals surface area contributed by atoms with Gasteiger partial charge in [-0.25, -0.2) is 0 Å². The van der Waals surface area contributed by atoms with E-state index in [1.54, 1.807) is 0 Å². The van der Waals surface area contributed by atoms with E-state index in [0.29, 0.717) is 12.1 Å². The van der Waals surface area contributed by atoms with Crippen LogP contribution in [0.15, 0.2) is 24.3 Å². The third kappa shape index (κ3) is 5.67. The molecule has 2 rings (SSSR count). The first-order valence-electron chi connectivity index (χ1n) is 8.45. The van der Waals surface area contributed by atoms with Crippen LogP contribution in [0.25, 0.3) is 0 Å². The zero-order valence-electron chi connectivity index (χ0n) is 14.1. The van der Waals surface area contributed by atoms with Gasteiger partial charge in [-0.3, -0.25) is 9.59 Å². The second kappa shape index (κ2) is 8.67. The monoisotopic (exact) mass is 317 g/mol. The molecule has 5 nitrogen and oxygen atoms in total. The molecule has 126 valence electrons. The van der Waals surface area contributed by atoms with Gasteiger partial charge in [-0.15, -0.1) is 0 Å². The molecule has 1 fully saturated rings. The van der Waals surface area contributed by atoms with E-state index >= 15 is 0 Å². The van der Waals surface area contributed by atoms with E-state index in [9.17, 15) is 9.59 Å². The molecule has 0 atom stereocenters. The van der Waals surface area contributed by atoms with Crippen LogP contribution < -0.4 is 10.6 Å². The molecular weight excluding hydrogens is 290 g/mol. The molecule has 1 heterocycles. The van der Waals surface area contributed by atoms with E-state index in [2.05, 4.69) is 22.5 Å². The highest BCUT2D eigenvalue weighted by atomic mass is 16.2. The van der Waals surface area contributed by atoms with Crippen LogP contribution in [0.5, 0.6) is 0 Å². The molecule has 0 bridgehead atoms. The van der Waals surface area contributed by atoms with Crippen LogP contribution in [-0.2, 0) is 11.3 Å². The fraction of sp³-hybridized carbons (Fsp3) is 0.556. The van der Waals surface area contributed by atoms with Crippen LogP contribution in [0.1, 0.15) is 49.0 Å². The Bertz CT molecular complexity index is 520. The fourth-order valence-electron chi connectivity index (χ4n) is 2.89. The predicted octanol–water partition coefficient (Wildman–Crippen LogP) is 1.93. The van der Waals surface area contributed by atoms with Crippen molar-refractivity contribution in [3.05, 3.63) is 35.4 Å². The number of carbonyl (C=O) groups is 2. The van der Waals surface area contributed by atoms with Crippen molar-refractivity contribution in [1.82, 2.24) is 15.5 Å². The molecule has 0 saturated carbocycles. The summed E-state index contributed by atoms with van der Waals surface area (Å²) < 4.78 is 0. The van der Waals surface area contributed by atoms with E-state index in [1.807, 2.05) is 24.3 Å². The minimum atomic E-state index is -0.0544. The number of nitrogens with zero attached hydrogens (tertiary/aromatic N) is 1. The summed E-state index contributed by atoms with van der Waals surface area (Å²) in [4.78, 5) is 25.7. The van der Waals surface area contributed by atoms with Gasteiger partial charge in [0.15, 0.2) is 0 Å². The lowest BCUT2D eigenvalue weighted by atomic mass is 10.0. The molecule has 5 heteroatoms. The van der Waals surface area contributed by atoms with E-state index in [0.717, 1.165) is 38.0 Å². The van der Waals surface area contributed by atoms with Crippen LogP contribution in [-0.4, -0.2) is 42.4 Å². The van der Waals surface area contributed by atoms with Gasteiger partial charge in [-0.2, -0.15) is 0 Å². The number of nitrogens with one attached hydrogen (secondary N) is 2. The van der Waals surface area contributed by atoms with Crippen LogP contribution in [0.3, 0.4) is 0 Å². The molecule has 0 spiro atoms. The molecule has 2 amide bonds. The molecular formula is C18H27N3O2. The van der Waals surface area contributed by atoms with Crippen LogP contribution in [0, 0.1) is 0 Å². The van der Waals surface area contributed by atoms with Gasteiger partial charge in [-0.1, -0.05) is 19.1 Å². The maximum atomic E-state index is 12.3. The SMILES string of the molecule is CCCN1CCC(NC(=O)c2ccc(CNC(C)=O)cc2)CC1. The maximum absolute atomic E-state index is 12.3. The van der Waals surface area contributed by atoms with Gasteiger partial charge >= 0.3 is 0 Å². The molecule has 1 aromatic rings. The van der Waals surface area contributed by atoms with E-state index in [1.165, 1.54) is 13.3 Å². The first-order chi connectivity index (χ1) is 11.1. The summed E-state index contributed by atoms with van der Waals surface area (Å²) in [5, 5.41) is 5.88. The zero-order chi connectivity index (χ0) is 16.7. The summed E-state index contributed by atoms with van der Waals surface area (Å²) in [6.07, 6.45) is 3.22. The smallest absolute Gasteiger partial charge is 0.251 e. The summed E-state index contributed by atoms with van der Waals surface area (Å²) >= 11 is 0. The Morgan fingerprint density at radius 1 is 1.17 bits per heavy atom. The number of hydrogen-bond donors (Lipinski definition) is 2. The first-order valence-corrected chi connectivity index (χ1v) is 8.45. The molecule has 1 aromatic carbocycles. The van der Waals surface area contributed by atoms with Crippen molar-refractivity contribution in [1.29, 1.82) is 0 Å². The second-order valence-corrected chi connectivity index (χ2v) is 6.20. The molecule has 1 aliphatic heterocycles. The molecule has 0 unspecified atom stereocenters. The van der Waals surface area contributed by atoms with E-state index in [4.69, 9.17) is 0 Å². The molecule has 0 aromatic heterocycles. The molecule has 0 aliphatic carbocycles. The number of amides is 2. The number of rotatable bonds is 6. The Morgan fingerprint density at radius 3 is 2.39 bits per heavy atom. The second-order valence-electron chi connectivity index (χ2n) is 6.20. The normalized spacial score (nSPS) is 16.1. The van der Waals surface area contributed by atoms with Gasteiger partial charge in [0, 0.05) is 38.2 Å². The third-order valence-electron chi connectivity index (χ3n) is 4.22. The summed E-state index contributed by atoms with van der Waals surface area (Å²) in [5.41, 5.74) is 1.66. The average molecular weight is 317 g/mol. The Hall–Kier alpha value is -1.88. The highest BCUT2D eigenvalue weighted by Gasteiger charge is 2.20. The summed E-state index contributed by atoms with van der Waals surface area (Å²) in [7, 11) is 0. The standard InChI is InChI=1S/C18H27N3O2/c1-3-10-21-11-8-17(9-12-21)20-18(23)16-6-4-15(5-7-16)13-19-14(2)22/h4-7,17H,3,8-13H2,1-2H3,(H,19,22)(H,20,23). The number of likely N-dealkylation sites (tertiary alicyclic amines) is 1. The quantitative estimate of drug-likeness (QED) is 0.843. The predicted molar refractivity (Wildman–Crippen MR) is 91.2 cm³/mol. The summed E-state index contributed by atoms with van der Waals surface area (Å²) in [6.45, 7) is 7.46. The maximum Gasteiger partial charge on any atom is 0.251 e. The molecule has 2 N–H and O–H groups in total. The van der Waals surface area contributed by atoms with E-state index < -0.39 is 0 Å². The van der Waals surface area contributed by atoms with Gasteiger partial charge in [0.05, 0.1) is 0 Å². The van der Waals surface area contributed by atoms with Gasteiger partial charge in [-0.05, 0) is 43.5 Å². The van der Waals surface area contributed by atoms with Gasteiger partial charge < -0.3 is 15.5 Å². The lowest BCUT2D eigenvalue weighted by Gasteiger charge is -2.32.